The number of nitrogens with one attached hydrogen (secondary N) is 2. The summed E-state index contributed by atoms with van der Waals surface area (Å²) in [5.74, 6) is 2.42. The molecule has 1 saturated heterocycles. The maximum Gasteiger partial charge on any atom is 0.321 e. The first kappa shape index (κ1) is 23.5. The minimum Gasteiger partial charge on any atom is -0.355 e. The van der Waals surface area contributed by atoms with Gasteiger partial charge in [-0.2, -0.15) is 0 Å². The average Bonchev–Trinajstić information content (AvgIpc) is 3.06. The van der Waals surface area contributed by atoms with Crippen molar-refractivity contribution in [3.8, 4) is 0 Å². The summed E-state index contributed by atoms with van der Waals surface area (Å²) < 4.78 is 0. The van der Waals surface area contributed by atoms with Crippen molar-refractivity contribution in [1.82, 2.24) is 15.1 Å². The number of carbonyl (C=O) groups is 3. The maximum absolute atomic E-state index is 13.1. The molecule has 1 aromatic carbocycles. The van der Waals surface area contributed by atoms with E-state index in [1.165, 1.54) is 19.3 Å². The number of halogens is 1. The molecule has 1 aromatic rings. The molecule has 4 aliphatic carbocycles. The van der Waals surface area contributed by atoms with Gasteiger partial charge >= 0.3 is 6.03 Å². The molecular weight excluding hydrogens is 452 g/mol. The van der Waals surface area contributed by atoms with Gasteiger partial charge in [-0.3, -0.25) is 9.59 Å². The van der Waals surface area contributed by atoms with Gasteiger partial charge in [0.1, 0.15) is 0 Å². The summed E-state index contributed by atoms with van der Waals surface area (Å²) in [5, 5.41) is 6.62. The Morgan fingerprint density at radius 1 is 0.882 bits per heavy atom. The number of hydrogen-bond acceptors (Lipinski definition) is 3. The predicted molar refractivity (Wildman–Crippen MR) is 131 cm³/mol. The molecule has 4 bridgehead atoms. The lowest BCUT2D eigenvalue weighted by molar-refractivity contribution is -0.146. The van der Waals surface area contributed by atoms with E-state index in [1.807, 2.05) is 4.90 Å². The van der Waals surface area contributed by atoms with Crippen molar-refractivity contribution in [1.29, 1.82) is 0 Å². The van der Waals surface area contributed by atoms with Crippen LogP contribution in [0.5, 0.6) is 0 Å². The Labute approximate surface area is 206 Å². The number of amides is 4. The van der Waals surface area contributed by atoms with Gasteiger partial charge in [-0.05, 0) is 87.0 Å². The first-order valence-corrected chi connectivity index (χ1v) is 13.2. The van der Waals surface area contributed by atoms with Crippen LogP contribution in [-0.2, 0) is 9.59 Å². The summed E-state index contributed by atoms with van der Waals surface area (Å²) in [6.45, 7) is 2.63. The van der Waals surface area contributed by atoms with Crippen molar-refractivity contribution in [2.24, 2.45) is 23.2 Å². The zero-order valence-corrected chi connectivity index (χ0v) is 20.5. The van der Waals surface area contributed by atoms with Crippen LogP contribution in [-0.4, -0.2) is 60.4 Å². The van der Waals surface area contributed by atoms with E-state index in [9.17, 15) is 14.4 Å². The van der Waals surface area contributed by atoms with Gasteiger partial charge in [0.15, 0.2) is 0 Å². The van der Waals surface area contributed by atoms with Gasteiger partial charge in [0, 0.05) is 55.3 Å². The van der Waals surface area contributed by atoms with Crippen LogP contribution < -0.4 is 10.6 Å². The molecule has 8 heteroatoms. The summed E-state index contributed by atoms with van der Waals surface area (Å²) in [6.07, 6.45) is 8.11. The van der Waals surface area contributed by atoms with Gasteiger partial charge in [-0.1, -0.05) is 11.6 Å². The quantitative estimate of drug-likeness (QED) is 0.656. The van der Waals surface area contributed by atoms with Crippen LogP contribution >= 0.6 is 11.6 Å². The Hall–Kier alpha value is -2.28. The zero-order chi connectivity index (χ0) is 23.7. The third-order valence-electron chi connectivity index (χ3n) is 8.38. The van der Waals surface area contributed by atoms with Crippen molar-refractivity contribution in [3.63, 3.8) is 0 Å². The molecule has 7 nitrogen and oxygen atoms in total. The number of carbonyl (C=O) groups excluding carboxylic acids is 3. The van der Waals surface area contributed by atoms with Gasteiger partial charge in [0.2, 0.25) is 11.8 Å². The molecule has 1 heterocycles. The fourth-order valence-corrected chi connectivity index (χ4v) is 7.25. The largest absolute Gasteiger partial charge is 0.355 e. The van der Waals surface area contributed by atoms with Crippen LogP contribution in [0.25, 0.3) is 0 Å². The van der Waals surface area contributed by atoms with Crippen molar-refractivity contribution < 1.29 is 14.4 Å². The molecule has 0 unspecified atom stereocenters. The van der Waals surface area contributed by atoms with E-state index in [-0.39, 0.29) is 23.3 Å². The molecule has 5 aliphatic rings. The van der Waals surface area contributed by atoms with Crippen LogP contribution in [0.2, 0.25) is 5.02 Å². The molecule has 184 valence electrons. The standard InChI is InChI=1S/C26H35ClN4O3/c27-21-2-4-22(5-3-21)29-25(34)31-9-1-8-30(10-11-31)23(32)6-7-28-24(33)26-15-18-12-19(16-26)14-20(13-18)17-26/h2-5,18-20H,1,6-17H2,(H,28,33)(H,29,34). The normalized spacial score (nSPS) is 30.1. The van der Waals surface area contributed by atoms with E-state index < -0.39 is 0 Å². The SMILES string of the molecule is O=C(CCNC(=O)C12CC3CC(CC(C3)C1)C2)N1CCCN(C(=O)Nc2ccc(Cl)cc2)CC1. The Morgan fingerprint density at radius 3 is 2.12 bits per heavy atom. The van der Waals surface area contributed by atoms with Gasteiger partial charge in [0.05, 0.1) is 0 Å². The number of rotatable bonds is 5. The lowest BCUT2D eigenvalue weighted by atomic mass is 9.49. The highest BCUT2D eigenvalue weighted by atomic mass is 35.5. The minimum atomic E-state index is -0.168. The van der Waals surface area contributed by atoms with Gasteiger partial charge in [-0.15, -0.1) is 0 Å². The van der Waals surface area contributed by atoms with Gasteiger partial charge in [-0.25, -0.2) is 4.79 Å². The monoisotopic (exact) mass is 486 g/mol. The molecule has 2 N–H and O–H groups in total. The second-order valence-corrected chi connectivity index (χ2v) is 11.3. The third kappa shape index (κ3) is 5.04. The summed E-state index contributed by atoms with van der Waals surface area (Å²) in [5.41, 5.74) is 0.527. The van der Waals surface area contributed by atoms with E-state index in [0.29, 0.717) is 49.9 Å². The van der Waals surface area contributed by atoms with E-state index in [2.05, 4.69) is 10.6 Å². The zero-order valence-electron chi connectivity index (χ0n) is 19.7. The van der Waals surface area contributed by atoms with Crippen LogP contribution in [0.1, 0.15) is 51.4 Å². The fourth-order valence-electron chi connectivity index (χ4n) is 7.12. The lowest BCUT2D eigenvalue weighted by Crippen LogP contribution is -2.53. The number of benzene rings is 1. The van der Waals surface area contributed by atoms with E-state index >= 15 is 0 Å². The molecule has 0 spiro atoms. The molecule has 6 rings (SSSR count). The molecule has 0 radical (unpaired) electrons. The maximum atomic E-state index is 13.1. The molecule has 1 aliphatic heterocycles. The first-order valence-electron chi connectivity index (χ1n) is 12.8. The summed E-state index contributed by atoms with van der Waals surface area (Å²) in [7, 11) is 0. The van der Waals surface area contributed by atoms with Crippen LogP contribution in [0.3, 0.4) is 0 Å². The van der Waals surface area contributed by atoms with E-state index in [1.54, 1.807) is 29.2 Å². The highest BCUT2D eigenvalue weighted by molar-refractivity contribution is 6.30. The number of anilines is 1. The molecular formula is C26H35ClN4O3. The summed E-state index contributed by atoms with van der Waals surface area (Å²) in [4.78, 5) is 42.1. The topological polar surface area (TPSA) is 81.8 Å². The Morgan fingerprint density at radius 2 is 1.47 bits per heavy atom. The summed E-state index contributed by atoms with van der Waals surface area (Å²) >= 11 is 5.90. The average molecular weight is 487 g/mol. The Balaban J connectivity index is 1.06. The second-order valence-electron chi connectivity index (χ2n) is 10.9. The molecule has 4 saturated carbocycles. The fraction of sp³-hybridized carbons (Fsp3) is 0.654. The van der Waals surface area contributed by atoms with Gasteiger partial charge < -0.3 is 20.4 Å². The summed E-state index contributed by atoms with van der Waals surface area (Å²) in [6, 6.07) is 6.85. The van der Waals surface area contributed by atoms with Crippen molar-refractivity contribution in [3.05, 3.63) is 29.3 Å². The molecule has 0 aromatic heterocycles. The second kappa shape index (κ2) is 9.76. The first-order chi connectivity index (χ1) is 16.4. The van der Waals surface area contributed by atoms with Crippen molar-refractivity contribution >= 4 is 35.1 Å². The number of urea groups is 1. The molecule has 4 amide bonds. The Bertz CT molecular complexity index is 899. The molecule has 0 atom stereocenters. The Kier molecular flexibility index (Phi) is 6.74. The van der Waals surface area contributed by atoms with E-state index in [4.69, 9.17) is 11.6 Å². The smallest absolute Gasteiger partial charge is 0.321 e. The number of hydrogen-bond donors (Lipinski definition) is 2. The van der Waals surface area contributed by atoms with Crippen molar-refractivity contribution in [2.75, 3.05) is 38.0 Å². The third-order valence-corrected chi connectivity index (χ3v) is 8.63. The van der Waals surface area contributed by atoms with Crippen LogP contribution in [0, 0.1) is 23.2 Å². The van der Waals surface area contributed by atoms with Crippen molar-refractivity contribution in [2.45, 2.75) is 51.4 Å². The highest BCUT2D eigenvalue weighted by Crippen LogP contribution is 2.60. The predicted octanol–water partition coefficient (Wildman–Crippen LogP) is 4.13. The highest BCUT2D eigenvalue weighted by Gasteiger charge is 2.54. The number of nitrogens with zero attached hydrogens (tertiary/aromatic N) is 2. The van der Waals surface area contributed by atoms with Crippen LogP contribution in [0.15, 0.2) is 24.3 Å². The van der Waals surface area contributed by atoms with E-state index in [0.717, 1.165) is 43.4 Å². The molecule has 5 fully saturated rings. The van der Waals surface area contributed by atoms with Crippen LogP contribution in [0.4, 0.5) is 10.5 Å². The lowest BCUT2D eigenvalue weighted by Gasteiger charge is -2.55. The molecule has 34 heavy (non-hydrogen) atoms. The van der Waals surface area contributed by atoms with Gasteiger partial charge in [0.25, 0.3) is 0 Å². The minimum absolute atomic E-state index is 0.0470.